The number of Topliss-reactive ketones (excluding diaryl/α,β-unsaturated/α-hetero) is 2. The van der Waals surface area contributed by atoms with Crippen LogP contribution in [0.15, 0.2) is 24.3 Å². The van der Waals surface area contributed by atoms with Crippen LogP contribution in [0.5, 0.6) is 0 Å². The van der Waals surface area contributed by atoms with Gasteiger partial charge in [-0.15, -0.1) is 0 Å². The lowest BCUT2D eigenvalue weighted by atomic mass is 9.72. The number of nitrogens with zero attached hydrogens (tertiary/aromatic N) is 2. The van der Waals surface area contributed by atoms with Gasteiger partial charge in [0, 0.05) is 50.7 Å². The van der Waals surface area contributed by atoms with Crippen molar-refractivity contribution in [3.05, 3.63) is 34.4 Å². The Labute approximate surface area is 220 Å². The molecule has 0 bridgehead atoms. The van der Waals surface area contributed by atoms with Crippen LogP contribution in [0.4, 0.5) is 11.4 Å². The van der Waals surface area contributed by atoms with Crippen molar-refractivity contribution < 1.29 is 33.6 Å². The molecule has 13 nitrogen and oxygen atoms in total. The van der Waals surface area contributed by atoms with E-state index >= 15 is 0 Å². The number of piperidine rings is 1. The standard InChI is InChI=1S/C25H35N5O8/c1-15(26)22(34)27-16(2)19(31)7-6-14-29-21(33)13-12-20(32)25(29,24(3,4)38-5)23(35)28-17-8-10-18(11-9-17)30(36)37/h8-11,15-16H,6-7,12-14,26H2,1-5H3,(H,27,34)(H,28,35)/t15-,16-,25+/m0/s1. The van der Waals surface area contributed by atoms with Crippen LogP contribution in [0.3, 0.4) is 0 Å². The number of non-ortho nitro benzene ring substituents is 1. The van der Waals surface area contributed by atoms with Gasteiger partial charge in [-0.25, -0.2) is 0 Å². The molecule has 2 rings (SSSR count). The molecule has 4 N–H and O–H groups in total. The van der Waals surface area contributed by atoms with Gasteiger partial charge in [0.2, 0.25) is 17.4 Å². The third kappa shape index (κ3) is 6.22. The number of nitro benzene ring substituents is 1. The van der Waals surface area contributed by atoms with Crippen LogP contribution in [0.2, 0.25) is 0 Å². The first-order chi connectivity index (χ1) is 17.7. The van der Waals surface area contributed by atoms with E-state index in [0.717, 1.165) is 4.90 Å². The van der Waals surface area contributed by atoms with Crippen molar-refractivity contribution in [2.75, 3.05) is 19.0 Å². The van der Waals surface area contributed by atoms with Gasteiger partial charge in [0.15, 0.2) is 11.6 Å². The highest BCUT2D eigenvalue weighted by molar-refractivity contribution is 6.20. The molecule has 3 amide bonds. The second-order valence-corrected chi connectivity index (χ2v) is 9.74. The third-order valence-corrected chi connectivity index (χ3v) is 6.78. The lowest BCUT2D eigenvalue weighted by Gasteiger charge is -2.51. The van der Waals surface area contributed by atoms with E-state index in [4.69, 9.17) is 10.5 Å². The summed E-state index contributed by atoms with van der Waals surface area (Å²) < 4.78 is 5.58. The third-order valence-electron chi connectivity index (χ3n) is 6.78. The molecule has 0 radical (unpaired) electrons. The maximum absolute atomic E-state index is 13.8. The lowest BCUT2D eigenvalue weighted by molar-refractivity contribution is -0.384. The molecule has 3 atom stereocenters. The maximum Gasteiger partial charge on any atom is 0.269 e. The van der Waals surface area contributed by atoms with Crippen molar-refractivity contribution in [3.63, 3.8) is 0 Å². The minimum Gasteiger partial charge on any atom is -0.375 e. The average Bonchev–Trinajstić information content (AvgIpc) is 2.85. The number of likely N-dealkylation sites (tertiary alicyclic amines) is 1. The maximum atomic E-state index is 13.8. The van der Waals surface area contributed by atoms with Crippen LogP contribution in [0.1, 0.15) is 53.4 Å². The van der Waals surface area contributed by atoms with Gasteiger partial charge in [0.25, 0.3) is 11.6 Å². The topological polar surface area (TPSA) is 191 Å². The fraction of sp³-hybridized carbons (Fsp3) is 0.560. The van der Waals surface area contributed by atoms with E-state index in [2.05, 4.69) is 10.6 Å². The molecule has 208 valence electrons. The number of nitrogens with two attached hydrogens (primary N) is 1. The zero-order valence-electron chi connectivity index (χ0n) is 22.2. The Morgan fingerprint density at radius 1 is 1.18 bits per heavy atom. The minimum atomic E-state index is -2.07. The van der Waals surface area contributed by atoms with Gasteiger partial charge >= 0.3 is 0 Å². The number of amides is 3. The van der Waals surface area contributed by atoms with Crippen LogP contribution >= 0.6 is 0 Å². The summed E-state index contributed by atoms with van der Waals surface area (Å²) in [7, 11) is 1.32. The second-order valence-electron chi connectivity index (χ2n) is 9.74. The van der Waals surface area contributed by atoms with Crippen molar-refractivity contribution in [3.8, 4) is 0 Å². The van der Waals surface area contributed by atoms with E-state index in [0.29, 0.717) is 0 Å². The van der Waals surface area contributed by atoms with Gasteiger partial charge in [-0.05, 0) is 46.2 Å². The number of hydrogen-bond acceptors (Lipinski definition) is 9. The van der Waals surface area contributed by atoms with Crippen LogP contribution in [-0.4, -0.2) is 76.0 Å². The summed E-state index contributed by atoms with van der Waals surface area (Å²) in [6.45, 7) is 5.94. The average molecular weight is 534 g/mol. The largest absolute Gasteiger partial charge is 0.375 e. The number of hydrogen-bond donors (Lipinski definition) is 3. The molecule has 13 heteroatoms. The predicted molar refractivity (Wildman–Crippen MR) is 137 cm³/mol. The van der Waals surface area contributed by atoms with Crippen LogP contribution in [-0.2, 0) is 28.7 Å². The summed E-state index contributed by atoms with van der Waals surface area (Å²) in [6.07, 6.45) is -0.219. The van der Waals surface area contributed by atoms with Gasteiger partial charge < -0.3 is 26.0 Å². The number of benzene rings is 1. The molecule has 38 heavy (non-hydrogen) atoms. The molecule has 0 aromatic heterocycles. The van der Waals surface area contributed by atoms with E-state index in [1.807, 2.05) is 0 Å². The van der Waals surface area contributed by atoms with Crippen LogP contribution in [0, 0.1) is 10.1 Å². The molecule has 1 saturated heterocycles. The fourth-order valence-electron chi connectivity index (χ4n) is 4.44. The Bertz CT molecular complexity index is 1100. The molecule has 1 heterocycles. The first-order valence-electron chi connectivity index (χ1n) is 12.2. The molecule has 1 fully saturated rings. The molecular weight excluding hydrogens is 498 g/mol. The molecule has 0 aliphatic carbocycles. The van der Waals surface area contributed by atoms with E-state index in [1.165, 1.54) is 59.1 Å². The molecule has 0 unspecified atom stereocenters. The molecule has 1 aromatic carbocycles. The summed E-state index contributed by atoms with van der Waals surface area (Å²) in [5.74, 6) is -2.61. The quantitative estimate of drug-likeness (QED) is 0.200. The summed E-state index contributed by atoms with van der Waals surface area (Å²) in [5.41, 5.74) is 1.97. The second kappa shape index (κ2) is 12.2. The summed E-state index contributed by atoms with van der Waals surface area (Å²) in [5, 5.41) is 16.1. The highest BCUT2D eigenvalue weighted by Gasteiger charge is 2.64. The zero-order chi connectivity index (χ0) is 28.8. The Kier molecular flexibility index (Phi) is 9.81. The number of anilines is 1. The Morgan fingerprint density at radius 2 is 1.79 bits per heavy atom. The number of ketones is 2. The number of nitro groups is 1. The highest BCUT2D eigenvalue weighted by atomic mass is 16.6. The van der Waals surface area contributed by atoms with E-state index in [-0.39, 0.29) is 49.4 Å². The Hall–Kier alpha value is -3.71. The first-order valence-corrected chi connectivity index (χ1v) is 12.2. The Morgan fingerprint density at radius 3 is 2.32 bits per heavy atom. The lowest BCUT2D eigenvalue weighted by Crippen LogP contribution is -2.75. The van der Waals surface area contributed by atoms with Crippen molar-refractivity contribution in [2.24, 2.45) is 5.73 Å². The van der Waals surface area contributed by atoms with Gasteiger partial charge in [-0.1, -0.05) is 0 Å². The zero-order valence-corrected chi connectivity index (χ0v) is 22.2. The van der Waals surface area contributed by atoms with E-state index in [9.17, 15) is 34.1 Å². The number of rotatable bonds is 12. The molecular formula is C25H35N5O8. The number of carbonyl (C=O) groups excluding carboxylic acids is 5. The minimum absolute atomic E-state index is 0.0359. The highest BCUT2D eigenvalue weighted by Crippen LogP contribution is 2.39. The van der Waals surface area contributed by atoms with Gasteiger partial charge in [-0.3, -0.25) is 34.1 Å². The van der Waals surface area contributed by atoms with Gasteiger partial charge in [-0.2, -0.15) is 0 Å². The predicted octanol–water partition coefficient (Wildman–Crippen LogP) is 1.09. The number of ether oxygens (including phenoxy) is 1. The normalized spacial score (nSPS) is 19.5. The molecule has 0 saturated carbocycles. The van der Waals surface area contributed by atoms with Crippen LogP contribution in [0.25, 0.3) is 0 Å². The van der Waals surface area contributed by atoms with Crippen molar-refractivity contribution >= 4 is 40.7 Å². The molecule has 0 spiro atoms. The summed E-state index contributed by atoms with van der Waals surface area (Å²) in [4.78, 5) is 76.3. The number of methoxy groups -OCH3 is 1. The van der Waals surface area contributed by atoms with E-state index < -0.39 is 51.7 Å². The SMILES string of the molecule is COC(C)(C)[C@]1(C(=O)Nc2ccc([N+](=O)[O-])cc2)C(=O)CCC(=O)N1CCCC(=O)[C@H](C)NC(=O)[C@H](C)N. The summed E-state index contributed by atoms with van der Waals surface area (Å²) >= 11 is 0. The molecule has 1 aliphatic rings. The Balaban J connectivity index is 2.34. The summed E-state index contributed by atoms with van der Waals surface area (Å²) in [6, 6.07) is 3.45. The first kappa shape index (κ1) is 30.5. The fourth-order valence-corrected chi connectivity index (χ4v) is 4.44. The monoisotopic (exact) mass is 533 g/mol. The molecule has 1 aromatic rings. The molecule has 1 aliphatic heterocycles. The number of carbonyl (C=O) groups is 5. The van der Waals surface area contributed by atoms with Crippen molar-refractivity contribution in [1.82, 2.24) is 10.2 Å². The smallest absolute Gasteiger partial charge is 0.269 e. The van der Waals surface area contributed by atoms with Gasteiger partial charge in [0.05, 0.1) is 17.0 Å². The van der Waals surface area contributed by atoms with Crippen LogP contribution < -0.4 is 16.4 Å². The van der Waals surface area contributed by atoms with Crippen molar-refractivity contribution in [1.29, 1.82) is 0 Å². The van der Waals surface area contributed by atoms with Crippen molar-refractivity contribution in [2.45, 2.75) is 76.6 Å². The van der Waals surface area contributed by atoms with E-state index in [1.54, 1.807) is 0 Å². The number of nitrogens with one attached hydrogen (secondary N) is 2. The van der Waals surface area contributed by atoms with Gasteiger partial charge in [0.1, 0.15) is 5.60 Å².